The van der Waals surface area contributed by atoms with Crippen molar-refractivity contribution < 1.29 is 24.5 Å². The molecule has 0 aliphatic carbocycles. The summed E-state index contributed by atoms with van der Waals surface area (Å²) in [5.74, 6) is -0.609. The van der Waals surface area contributed by atoms with Gasteiger partial charge in [-0.1, -0.05) is 202 Å². The molecule has 6 nitrogen and oxygen atoms in total. The van der Waals surface area contributed by atoms with Gasteiger partial charge >= 0.3 is 5.97 Å². The summed E-state index contributed by atoms with van der Waals surface area (Å²) in [6.45, 7) is 6.29. The van der Waals surface area contributed by atoms with Crippen molar-refractivity contribution in [1.82, 2.24) is 5.32 Å². The molecule has 0 radical (unpaired) electrons. The number of ether oxygens (including phenoxy) is 1. The van der Waals surface area contributed by atoms with Gasteiger partial charge in [0, 0.05) is 12.8 Å². The Hall–Kier alpha value is -2.96. The standard InChI is InChI=1S/C53H91NO5/c1-4-7-10-13-16-19-22-24-26-27-30-32-35-38-41-44-49(59-53(58)46-43-40-37-34-31-28-25-23-20-17-14-11-8-5-2)47-52(57)54-50(48-55)51(56)45-42-39-36-33-29-21-18-15-12-9-6-3/h8,11,16-17,19-20,24-26,28,30,32,38,41,49-51,55-56H,4-7,9-10,12-15,18,21-23,27,29,31,33-37,39-40,42-48H2,1-3H3,(H,54,57)/b11-8+,19-16-,20-17+,26-24-,28-25+,32-30-,41-38-. The first-order valence-corrected chi connectivity index (χ1v) is 24.3. The van der Waals surface area contributed by atoms with Gasteiger partial charge in [0.25, 0.3) is 0 Å². The monoisotopic (exact) mass is 822 g/mol. The second kappa shape index (κ2) is 46.1. The third kappa shape index (κ3) is 41.6. The van der Waals surface area contributed by atoms with E-state index in [1.54, 1.807) is 0 Å². The molecule has 0 saturated heterocycles. The highest BCUT2D eigenvalue weighted by atomic mass is 16.5. The number of rotatable bonds is 42. The Balaban J connectivity index is 4.80. The lowest BCUT2D eigenvalue weighted by Gasteiger charge is -2.24. The van der Waals surface area contributed by atoms with Crippen LogP contribution in [0, 0.1) is 0 Å². The van der Waals surface area contributed by atoms with Crippen molar-refractivity contribution in [3.8, 4) is 0 Å². The number of nitrogens with one attached hydrogen (secondary N) is 1. The van der Waals surface area contributed by atoms with E-state index in [1.807, 2.05) is 12.2 Å². The van der Waals surface area contributed by atoms with Gasteiger partial charge in [0.2, 0.25) is 5.91 Å². The smallest absolute Gasteiger partial charge is 0.306 e. The topological polar surface area (TPSA) is 95.9 Å². The first-order chi connectivity index (χ1) is 29.0. The van der Waals surface area contributed by atoms with Gasteiger partial charge in [-0.15, -0.1) is 0 Å². The van der Waals surface area contributed by atoms with Crippen LogP contribution in [-0.2, 0) is 14.3 Å². The molecule has 1 amide bonds. The molecule has 59 heavy (non-hydrogen) atoms. The van der Waals surface area contributed by atoms with E-state index in [9.17, 15) is 19.8 Å². The van der Waals surface area contributed by atoms with Gasteiger partial charge in [0.15, 0.2) is 0 Å². The Kier molecular flexibility index (Phi) is 43.8. The van der Waals surface area contributed by atoms with Crippen molar-refractivity contribution in [2.45, 2.75) is 232 Å². The summed E-state index contributed by atoms with van der Waals surface area (Å²) in [5.41, 5.74) is 0. The highest BCUT2D eigenvalue weighted by Crippen LogP contribution is 2.15. The van der Waals surface area contributed by atoms with Crippen molar-refractivity contribution >= 4 is 11.9 Å². The number of carbonyl (C=O) groups excluding carboxylic acids is 2. The average Bonchev–Trinajstić information content (AvgIpc) is 3.23. The molecule has 0 aromatic rings. The zero-order valence-corrected chi connectivity index (χ0v) is 38.4. The van der Waals surface area contributed by atoms with Gasteiger partial charge in [-0.25, -0.2) is 0 Å². The maximum absolute atomic E-state index is 13.1. The number of hydrogen-bond acceptors (Lipinski definition) is 5. The Morgan fingerprint density at radius 3 is 1.47 bits per heavy atom. The van der Waals surface area contributed by atoms with Crippen LogP contribution < -0.4 is 5.32 Å². The van der Waals surface area contributed by atoms with Crippen LogP contribution in [0.4, 0.5) is 0 Å². The van der Waals surface area contributed by atoms with E-state index in [-0.39, 0.29) is 24.9 Å². The SMILES string of the molecule is CC/C=C/C/C=C/C/C=C/CCCCCCC(=O)OC(C/C=C\C/C=C\C/C=C\C/C=C\CCCCC)CC(=O)NC(CO)C(O)CCCCCCCCCCCCC. The van der Waals surface area contributed by atoms with E-state index in [1.165, 1.54) is 77.0 Å². The normalized spacial score (nSPS) is 14.1. The van der Waals surface area contributed by atoms with Crippen molar-refractivity contribution in [1.29, 1.82) is 0 Å². The zero-order valence-electron chi connectivity index (χ0n) is 38.4. The Labute approximate surface area is 363 Å². The molecule has 3 unspecified atom stereocenters. The third-order valence-corrected chi connectivity index (χ3v) is 10.5. The maximum atomic E-state index is 13.1. The highest BCUT2D eigenvalue weighted by Gasteiger charge is 2.23. The van der Waals surface area contributed by atoms with E-state index in [2.05, 4.69) is 99.0 Å². The van der Waals surface area contributed by atoms with Gasteiger partial charge in [-0.3, -0.25) is 9.59 Å². The lowest BCUT2D eigenvalue weighted by Crippen LogP contribution is -2.46. The molecule has 0 aromatic carbocycles. The van der Waals surface area contributed by atoms with Crippen LogP contribution in [0.1, 0.15) is 213 Å². The quantitative estimate of drug-likeness (QED) is 0.0324. The molecule has 0 rings (SSSR count). The second-order valence-electron chi connectivity index (χ2n) is 16.1. The molecule has 6 heteroatoms. The van der Waals surface area contributed by atoms with Gasteiger partial charge in [-0.05, 0) is 77.0 Å². The number of carbonyl (C=O) groups is 2. The molecule has 0 bridgehead atoms. The lowest BCUT2D eigenvalue weighted by atomic mass is 10.0. The molecule has 0 aromatic heterocycles. The molecule has 0 heterocycles. The van der Waals surface area contributed by atoms with Crippen LogP contribution in [0.25, 0.3) is 0 Å². The predicted octanol–water partition coefficient (Wildman–Crippen LogP) is 14.4. The largest absolute Gasteiger partial charge is 0.461 e. The number of allylic oxidation sites excluding steroid dienone is 13. The fourth-order valence-electron chi connectivity index (χ4n) is 6.78. The minimum absolute atomic E-state index is 0.0115. The zero-order chi connectivity index (χ0) is 43.1. The molecule has 0 saturated carbocycles. The Morgan fingerprint density at radius 1 is 0.525 bits per heavy atom. The molecular weight excluding hydrogens is 731 g/mol. The molecule has 0 fully saturated rings. The first kappa shape index (κ1) is 56.0. The van der Waals surface area contributed by atoms with Crippen molar-refractivity contribution in [2.24, 2.45) is 0 Å². The van der Waals surface area contributed by atoms with E-state index < -0.39 is 18.2 Å². The fourth-order valence-corrected chi connectivity index (χ4v) is 6.78. The van der Waals surface area contributed by atoms with Crippen LogP contribution in [0.3, 0.4) is 0 Å². The summed E-state index contributed by atoms with van der Waals surface area (Å²) in [7, 11) is 0. The number of aliphatic hydroxyl groups is 2. The van der Waals surface area contributed by atoms with Gasteiger partial charge in [0.1, 0.15) is 6.10 Å². The molecule has 0 aliphatic rings. The summed E-state index contributed by atoms with van der Waals surface area (Å²) < 4.78 is 5.84. The van der Waals surface area contributed by atoms with Crippen LogP contribution >= 0.6 is 0 Å². The van der Waals surface area contributed by atoms with Gasteiger partial charge in [-0.2, -0.15) is 0 Å². The fraction of sp³-hybridized carbons (Fsp3) is 0.698. The number of unbranched alkanes of at least 4 members (excludes halogenated alkanes) is 17. The Morgan fingerprint density at radius 2 is 0.949 bits per heavy atom. The number of amides is 1. The van der Waals surface area contributed by atoms with Crippen LogP contribution in [0.2, 0.25) is 0 Å². The number of aliphatic hydroxyl groups excluding tert-OH is 2. The summed E-state index contributed by atoms with van der Waals surface area (Å²) in [6, 6.07) is -0.738. The second-order valence-corrected chi connectivity index (χ2v) is 16.1. The summed E-state index contributed by atoms with van der Waals surface area (Å²) in [5, 5.41) is 23.6. The van der Waals surface area contributed by atoms with Crippen LogP contribution in [0.15, 0.2) is 85.1 Å². The molecule has 3 N–H and O–H groups in total. The highest BCUT2D eigenvalue weighted by molar-refractivity contribution is 5.77. The lowest BCUT2D eigenvalue weighted by molar-refractivity contribution is -0.150. The maximum Gasteiger partial charge on any atom is 0.306 e. The summed E-state index contributed by atoms with van der Waals surface area (Å²) >= 11 is 0. The van der Waals surface area contributed by atoms with Crippen LogP contribution in [0.5, 0.6) is 0 Å². The summed E-state index contributed by atoms with van der Waals surface area (Å²) in [6.07, 6.45) is 59.4. The van der Waals surface area contributed by atoms with E-state index in [4.69, 9.17) is 4.74 Å². The summed E-state index contributed by atoms with van der Waals surface area (Å²) in [4.78, 5) is 26.0. The molecule has 338 valence electrons. The van der Waals surface area contributed by atoms with Gasteiger partial charge < -0.3 is 20.3 Å². The van der Waals surface area contributed by atoms with Crippen molar-refractivity contribution in [3.05, 3.63) is 85.1 Å². The first-order valence-electron chi connectivity index (χ1n) is 24.3. The van der Waals surface area contributed by atoms with Gasteiger partial charge in [0.05, 0.1) is 25.2 Å². The van der Waals surface area contributed by atoms with E-state index >= 15 is 0 Å². The third-order valence-electron chi connectivity index (χ3n) is 10.5. The van der Waals surface area contributed by atoms with Crippen molar-refractivity contribution in [2.75, 3.05) is 6.61 Å². The van der Waals surface area contributed by atoms with Crippen molar-refractivity contribution in [3.63, 3.8) is 0 Å². The minimum Gasteiger partial charge on any atom is -0.461 e. The van der Waals surface area contributed by atoms with E-state index in [0.717, 1.165) is 89.9 Å². The minimum atomic E-state index is -0.817. The molecular formula is C53H91NO5. The van der Waals surface area contributed by atoms with Crippen LogP contribution in [-0.4, -0.2) is 46.9 Å². The molecule has 0 spiro atoms. The van der Waals surface area contributed by atoms with E-state index in [0.29, 0.717) is 19.3 Å². The molecule has 3 atom stereocenters. The average molecular weight is 822 g/mol. The Bertz CT molecular complexity index is 1150. The number of hydrogen-bond donors (Lipinski definition) is 3. The predicted molar refractivity (Wildman–Crippen MR) is 254 cm³/mol. The molecule has 0 aliphatic heterocycles. The number of esters is 1.